The van der Waals surface area contributed by atoms with Gasteiger partial charge in [0.1, 0.15) is 0 Å². The zero-order valence-corrected chi connectivity index (χ0v) is 11.5. The van der Waals surface area contributed by atoms with E-state index >= 15 is 0 Å². The normalized spacial score (nSPS) is 26.6. The first kappa shape index (κ1) is 13.3. The van der Waals surface area contributed by atoms with Crippen molar-refractivity contribution < 1.29 is 4.74 Å². The highest BCUT2D eigenvalue weighted by Gasteiger charge is 2.29. The fraction of sp³-hybridized carbons (Fsp3) is 1.00. The topological polar surface area (TPSA) is 15.7 Å². The lowest BCUT2D eigenvalue weighted by Crippen LogP contribution is -2.50. The molecule has 1 atom stereocenters. The summed E-state index contributed by atoms with van der Waals surface area (Å²) in [6.45, 7) is 12.7. The molecule has 3 nitrogen and oxygen atoms in total. The number of hydrogen-bond acceptors (Lipinski definition) is 3. The summed E-state index contributed by atoms with van der Waals surface area (Å²) in [5, 5.41) is 0. The summed E-state index contributed by atoms with van der Waals surface area (Å²) >= 11 is 0. The van der Waals surface area contributed by atoms with E-state index in [2.05, 4.69) is 23.6 Å². The van der Waals surface area contributed by atoms with Gasteiger partial charge in [0.2, 0.25) is 0 Å². The van der Waals surface area contributed by atoms with Gasteiger partial charge in [-0.15, -0.1) is 0 Å². The third-order valence-electron chi connectivity index (χ3n) is 3.89. The Morgan fingerprint density at radius 3 is 2.94 bits per heavy atom. The standard InChI is InChI=1S/C14H28N2O/c1-13(2)12-17-10-4-6-15-8-9-16-7-3-5-14(16)11-15/h13-14H,3-12H2,1-2H3. The van der Waals surface area contributed by atoms with Crippen LogP contribution in [0.15, 0.2) is 0 Å². The van der Waals surface area contributed by atoms with Crippen LogP contribution in [-0.2, 0) is 4.74 Å². The molecule has 2 aliphatic heterocycles. The number of rotatable bonds is 6. The molecule has 17 heavy (non-hydrogen) atoms. The Bertz CT molecular complexity index is 220. The lowest BCUT2D eigenvalue weighted by Gasteiger charge is -2.37. The van der Waals surface area contributed by atoms with Gasteiger partial charge >= 0.3 is 0 Å². The molecule has 100 valence electrons. The smallest absolute Gasteiger partial charge is 0.0489 e. The van der Waals surface area contributed by atoms with Gasteiger partial charge in [-0.3, -0.25) is 4.90 Å². The van der Waals surface area contributed by atoms with Crippen LogP contribution in [0.4, 0.5) is 0 Å². The molecule has 0 saturated carbocycles. The zero-order chi connectivity index (χ0) is 12.1. The number of piperazine rings is 1. The molecule has 0 aromatic carbocycles. The van der Waals surface area contributed by atoms with Crippen LogP contribution in [0.3, 0.4) is 0 Å². The highest BCUT2D eigenvalue weighted by atomic mass is 16.5. The second-order valence-corrected chi connectivity index (χ2v) is 5.95. The van der Waals surface area contributed by atoms with Crippen molar-refractivity contribution >= 4 is 0 Å². The molecule has 2 rings (SSSR count). The third-order valence-corrected chi connectivity index (χ3v) is 3.89. The van der Waals surface area contributed by atoms with Gasteiger partial charge < -0.3 is 9.64 Å². The van der Waals surface area contributed by atoms with E-state index in [1.807, 2.05) is 0 Å². The van der Waals surface area contributed by atoms with E-state index < -0.39 is 0 Å². The Hall–Kier alpha value is -0.120. The Labute approximate surface area is 106 Å². The summed E-state index contributed by atoms with van der Waals surface area (Å²) in [5.74, 6) is 0.664. The molecule has 0 radical (unpaired) electrons. The molecule has 1 unspecified atom stereocenters. The monoisotopic (exact) mass is 240 g/mol. The van der Waals surface area contributed by atoms with Crippen molar-refractivity contribution in [3.8, 4) is 0 Å². The van der Waals surface area contributed by atoms with Gasteiger partial charge in [-0.2, -0.15) is 0 Å². The molecule has 0 aromatic heterocycles. The van der Waals surface area contributed by atoms with E-state index in [0.717, 1.165) is 19.3 Å². The summed E-state index contributed by atoms with van der Waals surface area (Å²) in [5.41, 5.74) is 0. The maximum absolute atomic E-state index is 5.64. The molecule has 2 saturated heterocycles. The van der Waals surface area contributed by atoms with Gasteiger partial charge in [-0.1, -0.05) is 13.8 Å². The van der Waals surface area contributed by atoms with Gasteiger partial charge in [0.05, 0.1) is 0 Å². The zero-order valence-electron chi connectivity index (χ0n) is 11.5. The summed E-state index contributed by atoms with van der Waals surface area (Å²) in [6, 6.07) is 0.861. The average Bonchev–Trinajstić information content (AvgIpc) is 2.75. The van der Waals surface area contributed by atoms with Crippen molar-refractivity contribution in [1.82, 2.24) is 9.80 Å². The van der Waals surface area contributed by atoms with Crippen molar-refractivity contribution in [3.63, 3.8) is 0 Å². The van der Waals surface area contributed by atoms with E-state index in [-0.39, 0.29) is 0 Å². The van der Waals surface area contributed by atoms with Crippen molar-refractivity contribution in [2.24, 2.45) is 5.92 Å². The molecule has 0 amide bonds. The van der Waals surface area contributed by atoms with Gasteiger partial charge in [-0.05, 0) is 31.7 Å². The molecule has 0 aromatic rings. The minimum atomic E-state index is 0.664. The molecular formula is C14H28N2O. The Balaban J connectivity index is 1.54. The Morgan fingerprint density at radius 1 is 1.24 bits per heavy atom. The van der Waals surface area contributed by atoms with Crippen molar-refractivity contribution in [2.45, 2.75) is 39.2 Å². The van der Waals surface area contributed by atoms with E-state index in [9.17, 15) is 0 Å². The number of fused-ring (bicyclic) bond motifs is 1. The van der Waals surface area contributed by atoms with Gasteiger partial charge in [0, 0.05) is 45.4 Å². The lowest BCUT2D eigenvalue weighted by atomic mass is 10.1. The van der Waals surface area contributed by atoms with Crippen molar-refractivity contribution in [1.29, 1.82) is 0 Å². The summed E-state index contributed by atoms with van der Waals surface area (Å²) in [6.07, 6.45) is 4.02. The van der Waals surface area contributed by atoms with E-state index in [1.54, 1.807) is 0 Å². The minimum Gasteiger partial charge on any atom is -0.381 e. The molecule has 0 N–H and O–H groups in total. The van der Waals surface area contributed by atoms with Gasteiger partial charge in [-0.25, -0.2) is 0 Å². The molecule has 0 aliphatic carbocycles. The van der Waals surface area contributed by atoms with E-state index in [4.69, 9.17) is 4.74 Å². The summed E-state index contributed by atoms with van der Waals surface area (Å²) in [7, 11) is 0. The molecule has 0 spiro atoms. The van der Waals surface area contributed by atoms with Crippen LogP contribution in [0.25, 0.3) is 0 Å². The fourth-order valence-corrected chi connectivity index (χ4v) is 2.97. The third kappa shape index (κ3) is 4.23. The van der Waals surface area contributed by atoms with Crippen LogP contribution < -0.4 is 0 Å². The Kier molecular flexibility index (Phi) is 5.26. The first-order valence-corrected chi connectivity index (χ1v) is 7.30. The molecule has 3 heteroatoms. The highest BCUT2D eigenvalue weighted by Crippen LogP contribution is 2.21. The molecule has 0 bridgehead atoms. The van der Waals surface area contributed by atoms with Crippen molar-refractivity contribution in [3.05, 3.63) is 0 Å². The Morgan fingerprint density at radius 2 is 2.12 bits per heavy atom. The highest BCUT2D eigenvalue weighted by molar-refractivity contribution is 4.86. The number of ether oxygens (including phenoxy) is 1. The minimum absolute atomic E-state index is 0.664. The average molecular weight is 240 g/mol. The van der Waals surface area contributed by atoms with Gasteiger partial charge in [0.25, 0.3) is 0 Å². The first-order chi connectivity index (χ1) is 8.25. The first-order valence-electron chi connectivity index (χ1n) is 7.30. The second-order valence-electron chi connectivity index (χ2n) is 5.95. The van der Waals surface area contributed by atoms with Crippen LogP contribution in [0.1, 0.15) is 33.1 Å². The van der Waals surface area contributed by atoms with E-state index in [0.29, 0.717) is 5.92 Å². The predicted octanol–water partition coefficient (Wildman–Crippen LogP) is 1.83. The van der Waals surface area contributed by atoms with Crippen LogP contribution in [-0.4, -0.2) is 61.8 Å². The van der Waals surface area contributed by atoms with E-state index in [1.165, 1.54) is 52.0 Å². The molecule has 2 aliphatic rings. The lowest BCUT2D eigenvalue weighted by molar-refractivity contribution is 0.0760. The van der Waals surface area contributed by atoms with Crippen LogP contribution >= 0.6 is 0 Å². The number of hydrogen-bond donors (Lipinski definition) is 0. The fourth-order valence-electron chi connectivity index (χ4n) is 2.97. The maximum atomic E-state index is 5.64. The second kappa shape index (κ2) is 6.72. The molecular weight excluding hydrogens is 212 g/mol. The maximum Gasteiger partial charge on any atom is 0.0489 e. The predicted molar refractivity (Wildman–Crippen MR) is 71.3 cm³/mol. The molecule has 2 heterocycles. The van der Waals surface area contributed by atoms with Crippen LogP contribution in [0.5, 0.6) is 0 Å². The van der Waals surface area contributed by atoms with Gasteiger partial charge in [0.15, 0.2) is 0 Å². The molecule has 2 fully saturated rings. The summed E-state index contributed by atoms with van der Waals surface area (Å²) < 4.78 is 5.64. The quantitative estimate of drug-likeness (QED) is 0.659. The number of nitrogens with zero attached hydrogens (tertiary/aromatic N) is 2. The summed E-state index contributed by atoms with van der Waals surface area (Å²) in [4.78, 5) is 5.30. The largest absolute Gasteiger partial charge is 0.381 e. The van der Waals surface area contributed by atoms with Crippen LogP contribution in [0.2, 0.25) is 0 Å². The van der Waals surface area contributed by atoms with Crippen molar-refractivity contribution in [2.75, 3.05) is 45.9 Å². The van der Waals surface area contributed by atoms with Crippen LogP contribution in [0, 0.1) is 5.92 Å². The SMILES string of the molecule is CC(C)COCCCN1CCN2CCCC2C1.